The lowest BCUT2D eigenvalue weighted by molar-refractivity contribution is 0.601. The largest absolute Gasteiger partial charge is 0.261 e. The van der Waals surface area contributed by atoms with E-state index in [2.05, 4.69) is 9.97 Å². The smallest absolute Gasteiger partial charge is 0.147 e. The Bertz CT molecular complexity index is 624. The number of hydrogen-bond donors (Lipinski definition) is 0. The van der Waals surface area contributed by atoms with Gasteiger partial charge in [0.25, 0.3) is 0 Å². The fourth-order valence-electron chi connectivity index (χ4n) is 1.67. The SMILES string of the molecule is CS(=O)(=O)CCc1ncccc1-c1ccccn1. The van der Waals surface area contributed by atoms with Crippen molar-refractivity contribution >= 4 is 9.84 Å². The van der Waals surface area contributed by atoms with E-state index in [4.69, 9.17) is 0 Å². The first-order valence-corrected chi connectivity index (χ1v) is 7.65. The van der Waals surface area contributed by atoms with Crippen molar-refractivity contribution in [1.82, 2.24) is 9.97 Å². The van der Waals surface area contributed by atoms with E-state index >= 15 is 0 Å². The van der Waals surface area contributed by atoms with Crippen molar-refractivity contribution in [2.75, 3.05) is 12.0 Å². The third-order valence-electron chi connectivity index (χ3n) is 2.54. The Hall–Kier alpha value is -1.75. The molecule has 94 valence electrons. The van der Waals surface area contributed by atoms with Crippen LogP contribution in [0.5, 0.6) is 0 Å². The minimum Gasteiger partial charge on any atom is -0.261 e. The summed E-state index contributed by atoms with van der Waals surface area (Å²) < 4.78 is 22.4. The van der Waals surface area contributed by atoms with Gasteiger partial charge in [-0.2, -0.15) is 0 Å². The van der Waals surface area contributed by atoms with E-state index in [1.165, 1.54) is 6.26 Å². The number of aromatic nitrogens is 2. The second-order valence-corrected chi connectivity index (χ2v) is 6.35. The Balaban J connectivity index is 2.32. The maximum atomic E-state index is 11.2. The van der Waals surface area contributed by atoms with Crippen molar-refractivity contribution in [2.24, 2.45) is 0 Å². The molecule has 0 saturated heterocycles. The summed E-state index contributed by atoms with van der Waals surface area (Å²) in [6.45, 7) is 0. The molecule has 5 heteroatoms. The molecule has 0 aliphatic rings. The van der Waals surface area contributed by atoms with Crippen molar-refractivity contribution in [3.8, 4) is 11.3 Å². The monoisotopic (exact) mass is 262 g/mol. The maximum absolute atomic E-state index is 11.2. The van der Waals surface area contributed by atoms with Crippen LogP contribution in [0, 0.1) is 0 Å². The second-order valence-electron chi connectivity index (χ2n) is 4.09. The minimum atomic E-state index is -2.98. The minimum absolute atomic E-state index is 0.101. The lowest BCUT2D eigenvalue weighted by atomic mass is 10.1. The first-order valence-electron chi connectivity index (χ1n) is 5.59. The molecule has 0 N–H and O–H groups in total. The fourth-order valence-corrected chi connectivity index (χ4v) is 2.24. The van der Waals surface area contributed by atoms with Crippen molar-refractivity contribution in [2.45, 2.75) is 6.42 Å². The summed E-state index contributed by atoms with van der Waals surface area (Å²) in [5.41, 5.74) is 2.47. The van der Waals surface area contributed by atoms with Gasteiger partial charge in [0, 0.05) is 30.6 Å². The summed E-state index contributed by atoms with van der Waals surface area (Å²) in [6.07, 6.45) is 5.02. The van der Waals surface area contributed by atoms with Gasteiger partial charge in [0.15, 0.2) is 0 Å². The summed E-state index contributed by atoms with van der Waals surface area (Å²) >= 11 is 0. The predicted molar refractivity (Wildman–Crippen MR) is 70.9 cm³/mol. The van der Waals surface area contributed by atoms with Crippen LogP contribution in [0.15, 0.2) is 42.7 Å². The highest BCUT2D eigenvalue weighted by Crippen LogP contribution is 2.20. The molecule has 2 heterocycles. The molecule has 0 bridgehead atoms. The summed E-state index contributed by atoms with van der Waals surface area (Å²) in [6, 6.07) is 9.37. The Morgan fingerprint density at radius 3 is 2.50 bits per heavy atom. The van der Waals surface area contributed by atoms with E-state index in [0.717, 1.165) is 17.0 Å². The van der Waals surface area contributed by atoms with E-state index in [-0.39, 0.29) is 5.75 Å². The van der Waals surface area contributed by atoms with Crippen molar-refractivity contribution < 1.29 is 8.42 Å². The van der Waals surface area contributed by atoms with E-state index in [1.807, 2.05) is 30.3 Å². The Morgan fingerprint density at radius 1 is 1.06 bits per heavy atom. The molecule has 2 aromatic heterocycles. The Kier molecular flexibility index (Phi) is 3.72. The zero-order chi connectivity index (χ0) is 13.0. The second kappa shape index (κ2) is 5.27. The molecule has 18 heavy (non-hydrogen) atoms. The summed E-state index contributed by atoms with van der Waals surface area (Å²) in [4.78, 5) is 8.52. The van der Waals surface area contributed by atoms with Crippen molar-refractivity contribution in [3.05, 3.63) is 48.4 Å². The summed E-state index contributed by atoms with van der Waals surface area (Å²) in [5, 5.41) is 0. The molecule has 4 nitrogen and oxygen atoms in total. The average molecular weight is 262 g/mol. The third kappa shape index (κ3) is 3.37. The van der Waals surface area contributed by atoms with Gasteiger partial charge in [0.05, 0.1) is 17.1 Å². The molecule has 2 aromatic rings. The Morgan fingerprint density at radius 2 is 1.83 bits per heavy atom. The van der Waals surface area contributed by atoms with Gasteiger partial charge in [0.1, 0.15) is 9.84 Å². The van der Waals surface area contributed by atoms with Gasteiger partial charge in [-0.1, -0.05) is 6.07 Å². The molecule has 0 aromatic carbocycles. The first kappa shape index (κ1) is 12.7. The first-order chi connectivity index (χ1) is 8.56. The van der Waals surface area contributed by atoms with Gasteiger partial charge in [-0.25, -0.2) is 8.42 Å². The molecular weight excluding hydrogens is 248 g/mol. The normalized spacial score (nSPS) is 11.4. The van der Waals surface area contributed by atoms with Crippen LogP contribution < -0.4 is 0 Å². The molecule has 0 atom stereocenters. The molecule has 0 unspecified atom stereocenters. The highest BCUT2D eigenvalue weighted by molar-refractivity contribution is 7.90. The van der Waals surface area contributed by atoms with E-state index in [0.29, 0.717) is 6.42 Å². The summed E-state index contributed by atoms with van der Waals surface area (Å²) in [7, 11) is -2.98. The highest BCUT2D eigenvalue weighted by Gasteiger charge is 2.10. The van der Waals surface area contributed by atoms with E-state index in [9.17, 15) is 8.42 Å². The molecule has 0 aliphatic heterocycles. The molecule has 0 amide bonds. The van der Waals surface area contributed by atoms with E-state index in [1.54, 1.807) is 12.4 Å². The molecule has 0 aliphatic carbocycles. The molecule has 0 fully saturated rings. The van der Waals surface area contributed by atoms with Crippen LogP contribution in [0.3, 0.4) is 0 Å². The topological polar surface area (TPSA) is 59.9 Å². The van der Waals surface area contributed by atoms with E-state index < -0.39 is 9.84 Å². The van der Waals surface area contributed by atoms with Gasteiger partial charge in [-0.15, -0.1) is 0 Å². The maximum Gasteiger partial charge on any atom is 0.147 e. The quantitative estimate of drug-likeness (QED) is 0.842. The van der Waals surface area contributed by atoms with Crippen LogP contribution in [-0.2, 0) is 16.3 Å². The molecule has 0 saturated carbocycles. The van der Waals surface area contributed by atoms with Crippen LogP contribution in [0.25, 0.3) is 11.3 Å². The zero-order valence-electron chi connectivity index (χ0n) is 10.1. The lowest BCUT2D eigenvalue weighted by Crippen LogP contribution is -2.08. The van der Waals surface area contributed by atoms with Crippen LogP contribution >= 0.6 is 0 Å². The lowest BCUT2D eigenvalue weighted by Gasteiger charge is -2.07. The van der Waals surface area contributed by atoms with Crippen molar-refractivity contribution in [1.29, 1.82) is 0 Å². The van der Waals surface area contributed by atoms with Crippen LogP contribution in [0.2, 0.25) is 0 Å². The highest BCUT2D eigenvalue weighted by atomic mass is 32.2. The van der Waals surface area contributed by atoms with Crippen molar-refractivity contribution in [3.63, 3.8) is 0 Å². The Labute approximate surface area is 107 Å². The number of rotatable bonds is 4. The van der Waals surface area contributed by atoms with Crippen LogP contribution in [0.1, 0.15) is 5.69 Å². The van der Waals surface area contributed by atoms with Gasteiger partial charge in [-0.3, -0.25) is 9.97 Å². The van der Waals surface area contributed by atoms with Crippen LogP contribution in [0.4, 0.5) is 0 Å². The number of nitrogens with zero attached hydrogens (tertiary/aromatic N) is 2. The number of pyridine rings is 2. The molecule has 2 rings (SSSR count). The standard InChI is InChI=1S/C13H14N2O2S/c1-18(16,17)10-7-13-11(5-4-9-15-13)12-6-2-3-8-14-12/h2-6,8-9H,7,10H2,1H3. The predicted octanol–water partition coefficient (Wildman–Crippen LogP) is 1.73. The average Bonchev–Trinajstić information content (AvgIpc) is 2.37. The third-order valence-corrected chi connectivity index (χ3v) is 3.49. The number of aryl methyl sites for hydroxylation is 1. The molecule has 0 radical (unpaired) electrons. The van der Waals surface area contributed by atoms with Crippen LogP contribution in [-0.4, -0.2) is 30.4 Å². The molecule has 0 spiro atoms. The van der Waals surface area contributed by atoms with Gasteiger partial charge >= 0.3 is 0 Å². The van der Waals surface area contributed by atoms with Gasteiger partial charge in [-0.05, 0) is 24.3 Å². The molecular formula is C13H14N2O2S. The van der Waals surface area contributed by atoms with Gasteiger partial charge in [0.2, 0.25) is 0 Å². The summed E-state index contributed by atoms with van der Waals surface area (Å²) in [5.74, 6) is 0.101. The fraction of sp³-hybridized carbons (Fsp3) is 0.231. The number of sulfone groups is 1. The zero-order valence-corrected chi connectivity index (χ0v) is 10.9. The number of hydrogen-bond acceptors (Lipinski definition) is 4. The van der Waals surface area contributed by atoms with Gasteiger partial charge < -0.3 is 0 Å².